The topological polar surface area (TPSA) is 152 Å². The van der Waals surface area contributed by atoms with Gasteiger partial charge in [0, 0.05) is 0 Å². The molecular formula is C20H12Cl2N2O8S2. The Morgan fingerprint density at radius 1 is 0.676 bits per heavy atom. The van der Waals surface area contributed by atoms with Crippen LogP contribution in [0.2, 0.25) is 10.0 Å². The summed E-state index contributed by atoms with van der Waals surface area (Å²) in [6, 6.07) is 5.78. The standard InChI is InChI=1S/C20H12Cl2N2O8S2/c1-7-3-5-9-15(19(7)33(25,26)27)31-17-11(21)14-18(12(22)13(17)23-9)32-16-10(24-14)6-4-8(2)20(16)34(28,29)30/h3-6H,1-2H3,(H,25,26,27)(H,28,29,30). The molecule has 2 aliphatic heterocycles. The largest absolute Gasteiger partial charge is 0.450 e. The molecule has 0 aromatic heterocycles. The zero-order valence-electron chi connectivity index (χ0n) is 17.1. The van der Waals surface area contributed by atoms with Crippen molar-refractivity contribution in [3.05, 3.63) is 56.2 Å². The monoisotopic (exact) mass is 542 g/mol. The molecule has 3 aromatic carbocycles. The third-order valence-electron chi connectivity index (χ3n) is 5.21. The number of ether oxygens (including phenoxy) is 2. The Bertz CT molecular complexity index is 1670. The van der Waals surface area contributed by atoms with Gasteiger partial charge in [0.2, 0.25) is 0 Å². The molecule has 2 N–H and O–H groups in total. The Kier molecular flexibility index (Phi) is 5.00. The number of nitrogens with zero attached hydrogens (tertiary/aromatic N) is 2. The summed E-state index contributed by atoms with van der Waals surface area (Å²) in [5, 5.41) is -0.344. The van der Waals surface area contributed by atoms with Crippen LogP contribution >= 0.6 is 23.2 Å². The average molecular weight is 543 g/mol. The van der Waals surface area contributed by atoms with E-state index in [9.17, 15) is 25.9 Å². The fourth-order valence-corrected chi connectivity index (χ4v) is 5.99. The maximum absolute atomic E-state index is 12.0. The molecule has 176 valence electrons. The lowest BCUT2D eigenvalue weighted by Crippen LogP contribution is -2.23. The van der Waals surface area contributed by atoms with Crippen LogP contribution in [0.25, 0.3) is 0 Å². The van der Waals surface area contributed by atoms with Gasteiger partial charge in [-0.3, -0.25) is 9.11 Å². The molecule has 2 aliphatic rings. The molecule has 0 atom stereocenters. The summed E-state index contributed by atoms with van der Waals surface area (Å²) in [6.45, 7) is 2.94. The number of aryl methyl sites for hydroxylation is 2. The molecule has 34 heavy (non-hydrogen) atoms. The lowest BCUT2D eigenvalue weighted by atomic mass is 10.1. The first kappa shape index (κ1) is 23.0. The molecule has 3 aromatic rings. The molecule has 0 amide bonds. The maximum Gasteiger partial charge on any atom is 0.298 e. The summed E-state index contributed by atoms with van der Waals surface area (Å²) in [5.41, 5.74) is 0.530. The second-order valence-corrected chi connectivity index (χ2v) is 11.0. The van der Waals surface area contributed by atoms with E-state index in [0.717, 1.165) is 0 Å². The van der Waals surface area contributed by atoms with Crippen LogP contribution in [0.3, 0.4) is 0 Å². The molecule has 2 heterocycles. The van der Waals surface area contributed by atoms with Gasteiger partial charge in [0.05, 0.1) is 0 Å². The highest BCUT2D eigenvalue weighted by Crippen LogP contribution is 2.47. The highest BCUT2D eigenvalue weighted by molar-refractivity contribution is 7.86. The summed E-state index contributed by atoms with van der Waals surface area (Å²) in [4.78, 5) is 7.71. The lowest BCUT2D eigenvalue weighted by Gasteiger charge is -2.23. The fourth-order valence-electron chi connectivity index (χ4n) is 3.77. The summed E-state index contributed by atoms with van der Waals surface area (Å²) in [7, 11) is -9.34. The zero-order valence-corrected chi connectivity index (χ0v) is 20.3. The molecule has 0 spiro atoms. The van der Waals surface area contributed by atoms with Crippen LogP contribution in [-0.2, 0) is 20.2 Å². The van der Waals surface area contributed by atoms with Crippen molar-refractivity contribution in [2.45, 2.75) is 23.6 Å². The summed E-state index contributed by atoms with van der Waals surface area (Å²) < 4.78 is 78.8. The van der Waals surface area contributed by atoms with Gasteiger partial charge in [-0.25, -0.2) is 9.98 Å². The van der Waals surface area contributed by atoms with Gasteiger partial charge in [0.15, 0.2) is 23.0 Å². The van der Waals surface area contributed by atoms with Gasteiger partial charge < -0.3 is 9.47 Å². The van der Waals surface area contributed by atoms with Crippen LogP contribution in [0.15, 0.2) is 44.0 Å². The van der Waals surface area contributed by atoms with E-state index in [4.69, 9.17) is 32.7 Å². The number of hydrogen-bond acceptors (Lipinski definition) is 8. The molecule has 14 heteroatoms. The molecule has 0 saturated carbocycles. The molecular weight excluding hydrogens is 531 g/mol. The Morgan fingerprint density at radius 2 is 1.03 bits per heavy atom. The van der Waals surface area contributed by atoms with Crippen molar-refractivity contribution in [3.8, 4) is 23.0 Å². The van der Waals surface area contributed by atoms with Crippen molar-refractivity contribution in [1.82, 2.24) is 0 Å². The number of benzene rings is 3. The highest BCUT2D eigenvalue weighted by Gasteiger charge is 2.33. The molecule has 0 radical (unpaired) electrons. The predicted octanol–water partition coefficient (Wildman–Crippen LogP) is 4.22. The first-order chi connectivity index (χ1) is 15.8. The van der Waals surface area contributed by atoms with Gasteiger partial charge in [-0.05, 0) is 37.1 Å². The normalized spacial score (nSPS) is 13.8. The van der Waals surface area contributed by atoms with E-state index in [2.05, 4.69) is 9.98 Å². The molecule has 0 aliphatic carbocycles. The van der Waals surface area contributed by atoms with E-state index in [0.29, 0.717) is 0 Å². The van der Waals surface area contributed by atoms with E-state index in [1.807, 2.05) is 0 Å². The van der Waals surface area contributed by atoms with E-state index >= 15 is 0 Å². The number of rotatable bonds is 2. The first-order valence-electron chi connectivity index (χ1n) is 9.35. The smallest absolute Gasteiger partial charge is 0.298 e. The van der Waals surface area contributed by atoms with Crippen LogP contribution in [0.4, 0.5) is 11.4 Å². The van der Waals surface area contributed by atoms with Gasteiger partial charge in [-0.1, -0.05) is 35.3 Å². The Balaban J connectivity index is 1.84. The first-order valence-corrected chi connectivity index (χ1v) is 13.0. The van der Waals surface area contributed by atoms with Crippen LogP contribution < -0.4 is 20.2 Å². The fraction of sp³-hybridized carbons (Fsp3) is 0.100. The molecule has 0 saturated heterocycles. The van der Waals surface area contributed by atoms with Crippen LogP contribution in [0.5, 0.6) is 23.0 Å². The SMILES string of the molecule is Cc1ccc2c(c1S(=O)(=O)O)Oc1c(Cl)c3c(c(Cl)c1=N2)Oc1c(ccc(C)c1S(=O)(=O)O)N=3. The van der Waals surface area contributed by atoms with Crippen molar-refractivity contribution in [3.63, 3.8) is 0 Å². The Hall–Kier alpha value is -2.74. The van der Waals surface area contributed by atoms with Gasteiger partial charge in [0.1, 0.15) is 41.9 Å². The predicted molar refractivity (Wildman–Crippen MR) is 120 cm³/mol. The van der Waals surface area contributed by atoms with Crippen molar-refractivity contribution in [1.29, 1.82) is 0 Å². The molecule has 0 fully saturated rings. The van der Waals surface area contributed by atoms with E-state index in [-0.39, 0.29) is 66.3 Å². The quantitative estimate of drug-likeness (QED) is 0.314. The van der Waals surface area contributed by atoms with Crippen molar-refractivity contribution in [2.75, 3.05) is 0 Å². The molecule has 5 rings (SSSR count). The average Bonchev–Trinajstić information content (AvgIpc) is 2.73. The minimum Gasteiger partial charge on any atom is -0.450 e. The van der Waals surface area contributed by atoms with Crippen molar-refractivity contribution in [2.24, 2.45) is 9.98 Å². The summed E-state index contributed by atoms with van der Waals surface area (Å²) in [5.74, 6) is -0.749. The van der Waals surface area contributed by atoms with E-state index in [1.54, 1.807) is 0 Å². The van der Waals surface area contributed by atoms with Crippen LogP contribution in [0.1, 0.15) is 11.1 Å². The van der Waals surface area contributed by atoms with Crippen LogP contribution in [0, 0.1) is 13.8 Å². The van der Waals surface area contributed by atoms with E-state index in [1.165, 1.54) is 38.1 Å². The highest BCUT2D eigenvalue weighted by atomic mass is 35.5. The van der Waals surface area contributed by atoms with E-state index < -0.39 is 30.0 Å². The molecule has 0 bridgehead atoms. The minimum atomic E-state index is -4.67. The third-order valence-corrected chi connectivity index (χ3v) is 7.96. The Morgan fingerprint density at radius 3 is 1.35 bits per heavy atom. The summed E-state index contributed by atoms with van der Waals surface area (Å²) >= 11 is 13.0. The van der Waals surface area contributed by atoms with Gasteiger partial charge in [-0.15, -0.1) is 0 Å². The van der Waals surface area contributed by atoms with Crippen molar-refractivity contribution < 1.29 is 35.4 Å². The summed E-state index contributed by atoms with van der Waals surface area (Å²) in [6.07, 6.45) is 0. The Labute approximate surface area is 202 Å². The lowest BCUT2D eigenvalue weighted by molar-refractivity contribution is 0.426. The second kappa shape index (κ2) is 7.38. The number of hydrogen-bond donors (Lipinski definition) is 2. The zero-order chi connectivity index (χ0) is 24.7. The number of halogens is 2. The van der Waals surface area contributed by atoms with Crippen LogP contribution in [-0.4, -0.2) is 25.9 Å². The maximum atomic E-state index is 12.0. The van der Waals surface area contributed by atoms with Gasteiger partial charge >= 0.3 is 0 Å². The van der Waals surface area contributed by atoms with Gasteiger partial charge in [0.25, 0.3) is 20.2 Å². The minimum absolute atomic E-state index is 0.0252. The molecule has 10 nitrogen and oxygen atoms in total. The second-order valence-electron chi connectivity index (χ2n) is 7.48. The van der Waals surface area contributed by atoms with Gasteiger partial charge in [-0.2, -0.15) is 16.8 Å². The van der Waals surface area contributed by atoms with Crippen molar-refractivity contribution >= 4 is 54.8 Å². The molecule has 0 unspecified atom stereocenters. The third kappa shape index (κ3) is 3.37. The number of fused-ring (bicyclic) bond motifs is 4.